The van der Waals surface area contributed by atoms with Gasteiger partial charge in [0, 0.05) is 5.56 Å². The van der Waals surface area contributed by atoms with E-state index in [2.05, 4.69) is 4.98 Å². The molecule has 0 atom stereocenters. The number of alkyl halides is 3. The topological polar surface area (TPSA) is 56.0 Å². The van der Waals surface area contributed by atoms with Crippen molar-refractivity contribution in [3.05, 3.63) is 22.9 Å². The highest BCUT2D eigenvalue weighted by Gasteiger charge is 2.16. The summed E-state index contributed by atoms with van der Waals surface area (Å²) in [5.74, 6) is -0.247. The van der Waals surface area contributed by atoms with Gasteiger partial charge in [0.15, 0.2) is 6.29 Å². The quantitative estimate of drug-likeness (QED) is 0.627. The molecule has 0 saturated heterocycles. The summed E-state index contributed by atoms with van der Waals surface area (Å²) in [5.41, 5.74) is 4.94. The third kappa shape index (κ3) is 1.98. The Bertz CT molecular complexity index is 357. The van der Waals surface area contributed by atoms with Crippen LogP contribution in [0.25, 0.3) is 0 Å². The van der Waals surface area contributed by atoms with Crippen molar-refractivity contribution in [2.45, 2.75) is 12.3 Å². The first-order valence-electron chi connectivity index (χ1n) is 3.68. The van der Waals surface area contributed by atoms with E-state index in [4.69, 9.17) is 17.3 Å². The van der Waals surface area contributed by atoms with Crippen LogP contribution in [0.4, 0.5) is 14.6 Å². The van der Waals surface area contributed by atoms with Gasteiger partial charge in [-0.3, -0.25) is 4.79 Å². The van der Waals surface area contributed by atoms with Crippen LogP contribution in [-0.4, -0.2) is 11.3 Å². The molecule has 1 aromatic rings. The number of pyridine rings is 1. The smallest absolute Gasteiger partial charge is 0.265 e. The normalized spacial score (nSPS) is 10.6. The standard InChI is InChI=1S/C8H7ClF2N2O/c9-2-6-5(7(10)11)1-4(3-14)8(12)13-6/h1,3,7H,2H2,(H2,12,13). The van der Waals surface area contributed by atoms with Crippen LogP contribution < -0.4 is 5.73 Å². The second kappa shape index (κ2) is 4.32. The van der Waals surface area contributed by atoms with E-state index in [1.807, 2.05) is 0 Å². The predicted octanol–water partition coefficient (Wildman–Crippen LogP) is 2.15. The number of anilines is 1. The van der Waals surface area contributed by atoms with Crippen LogP contribution in [0.1, 0.15) is 28.0 Å². The Kier molecular flexibility index (Phi) is 3.35. The lowest BCUT2D eigenvalue weighted by atomic mass is 10.1. The lowest BCUT2D eigenvalue weighted by Crippen LogP contribution is -2.04. The summed E-state index contributed by atoms with van der Waals surface area (Å²) in [6.45, 7) is 0. The molecule has 6 heteroatoms. The van der Waals surface area contributed by atoms with Gasteiger partial charge in [-0.05, 0) is 6.07 Å². The van der Waals surface area contributed by atoms with Crippen LogP contribution in [-0.2, 0) is 5.88 Å². The summed E-state index contributed by atoms with van der Waals surface area (Å²) >= 11 is 5.40. The van der Waals surface area contributed by atoms with Crippen LogP contribution in [0.3, 0.4) is 0 Å². The highest BCUT2D eigenvalue weighted by molar-refractivity contribution is 6.17. The number of nitrogens with two attached hydrogens (primary N) is 1. The van der Waals surface area contributed by atoms with Gasteiger partial charge in [0.1, 0.15) is 5.82 Å². The minimum absolute atomic E-state index is 0.00441. The van der Waals surface area contributed by atoms with Crippen molar-refractivity contribution in [3.63, 3.8) is 0 Å². The molecule has 1 rings (SSSR count). The van der Waals surface area contributed by atoms with Gasteiger partial charge >= 0.3 is 0 Å². The predicted molar refractivity (Wildman–Crippen MR) is 48.6 cm³/mol. The van der Waals surface area contributed by atoms with Gasteiger partial charge in [0.2, 0.25) is 0 Å². The Morgan fingerprint density at radius 3 is 2.71 bits per heavy atom. The average Bonchev–Trinajstić information content (AvgIpc) is 2.16. The number of hydrogen-bond donors (Lipinski definition) is 1. The number of aldehydes is 1. The van der Waals surface area contributed by atoms with Gasteiger partial charge in [-0.25, -0.2) is 13.8 Å². The molecule has 0 aliphatic carbocycles. The Labute approximate surface area is 83.9 Å². The lowest BCUT2D eigenvalue weighted by molar-refractivity contribution is 0.112. The Hall–Kier alpha value is -1.23. The first-order valence-corrected chi connectivity index (χ1v) is 4.22. The molecule has 0 aliphatic heterocycles. The summed E-state index contributed by atoms with van der Waals surface area (Å²) in [6.07, 6.45) is -2.33. The number of hydrogen-bond acceptors (Lipinski definition) is 3. The number of carbonyl (C=O) groups excluding carboxylic acids is 1. The van der Waals surface area contributed by atoms with Gasteiger partial charge in [-0.2, -0.15) is 0 Å². The van der Waals surface area contributed by atoms with E-state index in [0.717, 1.165) is 6.07 Å². The SMILES string of the molecule is Nc1nc(CCl)c(C(F)F)cc1C=O. The fourth-order valence-electron chi connectivity index (χ4n) is 0.990. The largest absolute Gasteiger partial charge is 0.383 e. The Morgan fingerprint density at radius 1 is 1.64 bits per heavy atom. The molecule has 0 radical (unpaired) electrons. The maximum absolute atomic E-state index is 12.4. The van der Waals surface area contributed by atoms with Crippen molar-refractivity contribution >= 4 is 23.7 Å². The second-order valence-corrected chi connectivity index (χ2v) is 2.82. The summed E-state index contributed by atoms with van der Waals surface area (Å²) in [5, 5.41) is 0. The van der Waals surface area contributed by atoms with Crippen LogP contribution in [0.2, 0.25) is 0 Å². The molecule has 0 fully saturated rings. The third-order valence-electron chi connectivity index (χ3n) is 1.68. The molecule has 2 N–H and O–H groups in total. The molecule has 0 spiro atoms. The van der Waals surface area contributed by atoms with E-state index in [0.29, 0.717) is 6.29 Å². The molecule has 0 bridgehead atoms. The van der Waals surface area contributed by atoms with E-state index < -0.39 is 6.43 Å². The summed E-state index contributed by atoms with van der Waals surface area (Å²) in [4.78, 5) is 14.0. The number of nitrogen functional groups attached to an aromatic ring is 1. The molecule has 0 saturated carbocycles. The third-order valence-corrected chi connectivity index (χ3v) is 1.94. The first kappa shape index (κ1) is 10.8. The number of aromatic nitrogens is 1. The van der Waals surface area contributed by atoms with Crippen LogP contribution in [0.15, 0.2) is 6.07 Å². The molecular weight excluding hydrogens is 214 g/mol. The average molecular weight is 221 g/mol. The Balaban J connectivity index is 3.32. The van der Waals surface area contributed by atoms with Crippen LogP contribution >= 0.6 is 11.6 Å². The molecular formula is C8H7ClF2N2O. The van der Waals surface area contributed by atoms with Gasteiger partial charge < -0.3 is 5.73 Å². The molecule has 1 aromatic heterocycles. The number of carbonyl (C=O) groups is 1. The van der Waals surface area contributed by atoms with Gasteiger partial charge in [-0.15, -0.1) is 11.6 Å². The molecule has 0 aliphatic rings. The van der Waals surface area contributed by atoms with E-state index in [9.17, 15) is 13.6 Å². The summed E-state index contributed by atoms with van der Waals surface area (Å²) < 4.78 is 24.8. The van der Waals surface area contributed by atoms with Crippen molar-refractivity contribution in [3.8, 4) is 0 Å². The van der Waals surface area contributed by atoms with E-state index in [1.54, 1.807) is 0 Å². The lowest BCUT2D eigenvalue weighted by Gasteiger charge is -2.07. The molecule has 1 heterocycles. The van der Waals surface area contributed by atoms with E-state index in [1.165, 1.54) is 0 Å². The van der Waals surface area contributed by atoms with Gasteiger partial charge in [-0.1, -0.05) is 0 Å². The highest BCUT2D eigenvalue weighted by Crippen LogP contribution is 2.25. The van der Waals surface area contributed by atoms with Crippen molar-refractivity contribution in [1.29, 1.82) is 0 Å². The van der Waals surface area contributed by atoms with Crippen molar-refractivity contribution in [2.24, 2.45) is 0 Å². The molecule has 0 aromatic carbocycles. The molecule has 14 heavy (non-hydrogen) atoms. The second-order valence-electron chi connectivity index (χ2n) is 2.55. The first-order chi connectivity index (χ1) is 6.60. The van der Waals surface area contributed by atoms with Crippen LogP contribution in [0.5, 0.6) is 0 Å². The highest BCUT2D eigenvalue weighted by atomic mass is 35.5. The van der Waals surface area contributed by atoms with Crippen molar-refractivity contribution in [1.82, 2.24) is 4.98 Å². The summed E-state index contributed by atoms with van der Waals surface area (Å²) in [7, 11) is 0. The van der Waals surface area contributed by atoms with Crippen molar-refractivity contribution < 1.29 is 13.6 Å². The monoisotopic (exact) mass is 220 g/mol. The van der Waals surface area contributed by atoms with E-state index in [-0.39, 0.29) is 28.5 Å². The zero-order valence-corrected chi connectivity index (χ0v) is 7.76. The fraction of sp³-hybridized carbons (Fsp3) is 0.250. The molecule has 0 amide bonds. The Morgan fingerprint density at radius 2 is 2.29 bits per heavy atom. The van der Waals surface area contributed by atoms with E-state index >= 15 is 0 Å². The molecule has 3 nitrogen and oxygen atoms in total. The fourth-order valence-corrected chi connectivity index (χ4v) is 1.20. The van der Waals surface area contributed by atoms with Crippen molar-refractivity contribution in [2.75, 3.05) is 5.73 Å². The molecule has 0 unspecified atom stereocenters. The van der Waals surface area contributed by atoms with Crippen LogP contribution in [0, 0.1) is 0 Å². The summed E-state index contributed by atoms with van der Waals surface area (Å²) in [6, 6.07) is 1.01. The van der Waals surface area contributed by atoms with Gasteiger partial charge in [0.25, 0.3) is 6.43 Å². The minimum atomic E-state index is -2.71. The van der Waals surface area contributed by atoms with Gasteiger partial charge in [0.05, 0.1) is 17.1 Å². The maximum Gasteiger partial charge on any atom is 0.265 e. The zero-order chi connectivity index (χ0) is 10.7. The minimum Gasteiger partial charge on any atom is -0.383 e. The number of nitrogens with zero attached hydrogens (tertiary/aromatic N) is 1. The molecule has 76 valence electrons. The maximum atomic E-state index is 12.4. The number of halogens is 3. The zero-order valence-electron chi connectivity index (χ0n) is 7.01. The number of rotatable bonds is 3.